The normalized spacial score (nSPS) is 16.9. The molecule has 2 heterocycles. The standard InChI is InChI=1S/C26H28ClN7O2/c1-17(2)24-15-32(26(35)30-20-10-8-19(27)9-11-20)13-14-33(24)25(29-16-28)31-22-5-4-6-23-21(22)12-7-18(3)34(23)36/h4-12,17,24,36H,13-15H2,1-3H3,(H,30,35). The van der Waals surface area contributed by atoms with Gasteiger partial charge in [-0.1, -0.05) is 31.5 Å². The highest BCUT2D eigenvalue weighted by atomic mass is 35.5. The lowest BCUT2D eigenvalue weighted by molar-refractivity contribution is 0.119. The number of carbonyl (C=O) groups excluding carboxylic acids is 1. The molecule has 0 saturated carbocycles. The van der Waals surface area contributed by atoms with Gasteiger partial charge in [-0.2, -0.15) is 9.99 Å². The Labute approximate surface area is 214 Å². The number of nitrogens with zero attached hydrogens (tertiary/aromatic N) is 6. The number of anilines is 1. The fraction of sp³-hybridized carbons (Fsp3) is 0.308. The second-order valence-electron chi connectivity index (χ2n) is 9.01. The van der Waals surface area contributed by atoms with Crippen molar-refractivity contribution in [3.05, 3.63) is 70.7 Å². The number of urea groups is 1. The molecular formula is C26H28ClN7O2. The summed E-state index contributed by atoms with van der Waals surface area (Å²) < 4.78 is 1.12. The van der Waals surface area contributed by atoms with E-state index < -0.39 is 0 Å². The van der Waals surface area contributed by atoms with E-state index in [-0.39, 0.29) is 24.0 Å². The maximum Gasteiger partial charge on any atom is 0.321 e. The maximum atomic E-state index is 13.0. The number of aromatic nitrogens is 1. The van der Waals surface area contributed by atoms with Gasteiger partial charge in [0.1, 0.15) is 0 Å². The summed E-state index contributed by atoms with van der Waals surface area (Å²) in [5.74, 6) is 0.441. The molecule has 1 unspecified atom stereocenters. The molecule has 2 amide bonds. The van der Waals surface area contributed by atoms with Crippen molar-refractivity contribution in [3.63, 3.8) is 0 Å². The number of hydrogen-bond donors (Lipinski definition) is 2. The van der Waals surface area contributed by atoms with Gasteiger partial charge in [0.15, 0.2) is 0 Å². The number of hydrogen-bond acceptors (Lipinski definition) is 4. The number of carbonyl (C=O) groups is 1. The number of piperazine rings is 1. The quantitative estimate of drug-likeness (QED) is 0.233. The van der Waals surface area contributed by atoms with Crippen LogP contribution in [-0.2, 0) is 0 Å². The SMILES string of the molecule is Cc1ccc2c(=NC(=NC#N)N3CCN(C(=O)Nc4ccc(Cl)cc4)CC3C(C)C)cccc-2n1O. The zero-order valence-electron chi connectivity index (χ0n) is 20.4. The summed E-state index contributed by atoms with van der Waals surface area (Å²) in [6.07, 6.45) is 1.88. The predicted octanol–water partition coefficient (Wildman–Crippen LogP) is 4.40. The number of aryl methyl sites for hydroxylation is 1. The Bertz CT molecular complexity index is 1360. The summed E-state index contributed by atoms with van der Waals surface area (Å²) in [6.45, 7) is 7.29. The second-order valence-corrected chi connectivity index (χ2v) is 9.44. The number of guanidine groups is 1. The van der Waals surface area contributed by atoms with E-state index in [4.69, 9.17) is 16.6 Å². The fourth-order valence-electron chi connectivity index (χ4n) is 4.31. The minimum atomic E-state index is -0.199. The van der Waals surface area contributed by atoms with Gasteiger partial charge in [0, 0.05) is 35.9 Å². The van der Waals surface area contributed by atoms with Gasteiger partial charge in [0.05, 0.1) is 22.8 Å². The molecule has 2 N–H and O–H groups in total. The molecule has 0 aromatic heterocycles. The van der Waals surface area contributed by atoms with E-state index in [0.29, 0.717) is 47.1 Å². The Balaban J connectivity index is 1.61. The van der Waals surface area contributed by atoms with Gasteiger partial charge in [0.25, 0.3) is 0 Å². The Morgan fingerprint density at radius 1 is 1.17 bits per heavy atom. The molecule has 1 aliphatic carbocycles. The number of nitrogens with one attached hydrogen (secondary N) is 1. The summed E-state index contributed by atoms with van der Waals surface area (Å²) in [5.41, 5.74) is 2.70. The third-order valence-corrected chi connectivity index (χ3v) is 6.56. The van der Waals surface area contributed by atoms with E-state index in [1.165, 1.54) is 0 Å². The van der Waals surface area contributed by atoms with Gasteiger partial charge in [-0.05, 0) is 61.4 Å². The van der Waals surface area contributed by atoms with Crippen molar-refractivity contribution in [3.8, 4) is 17.5 Å². The van der Waals surface area contributed by atoms with Crippen LogP contribution in [0.25, 0.3) is 11.3 Å². The first-order valence-corrected chi connectivity index (χ1v) is 12.1. The number of rotatable bonds is 2. The molecule has 1 saturated heterocycles. The number of aliphatic imine (C=N–C) groups is 1. The summed E-state index contributed by atoms with van der Waals surface area (Å²) in [6, 6.07) is 15.8. The zero-order chi connectivity index (χ0) is 25.8. The molecular weight excluding hydrogens is 478 g/mol. The number of amides is 2. The minimum absolute atomic E-state index is 0.106. The van der Waals surface area contributed by atoms with Crippen LogP contribution in [0.5, 0.6) is 0 Å². The predicted molar refractivity (Wildman–Crippen MR) is 139 cm³/mol. The average Bonchev–Trinajstić information content (AvgIpc) is 2.87. The lowest BCUT2D eigenvalue weighted by Gasteiger charge is -2.43. The summed E-state index contributed by atoms with van der Waals surface area (Å²) in [5, 5.41) is 24.0. The first-order valence-electron chi connectivity index (χ1n) is 11.7. The van der Waals surface area contributed by atoms with Gasteiger partial charge < -0.3 is 20.3 Å². The molecule has 0 radical (unpaired) electrons. The lowest BCUT2D eigenvalue weighted by Crippen LogP contribution is -2.58. The van der Waals surface area contributed by atoms with E-state index in [1.807, 2.05) is 30.1 Å². The van der Waals surface area contributed by atoms with Crippen molar-refractivity contribution in [2.45, 2.75) is 26.8 Å². The first kappa shape index (κ1) is 25.1. The molecule has 36 heavy (non-hydrogen) atoms. The van der Waals surface area contributed by atoms with E-state index in [2.05, 4.69) is 24.2 Å². The van der Waals surface area contributed by atoms with Crippen molar-refractivity contribution in [1.82, 2.24) is 14.5 Å². The zero-order valence-corrected chi connectivity index (χ0v) is 21.1. The Morgan fingerprint density at radius 2 is 1.92 bits per heavy atom. The van der Waals surface area contributed by atoms with E-state index in [0.717, 1.165) is 10.3 Å². The molecule has 1 aromatic rings. The van der Waals surface area contributed by atoms with Crippen molar-refractivity contribution in [2.75, 3.05) is 25.0 Å². The molecule has 1 fully saturated rings. The third kappa shape index (κ3) is 5.29. The van der Waals surface area contributed by atoms with Gasteiger partial charge in [-0.3, -0.25) is 0 Å². The van der Waals surface area contributed by atoms with E-state index >= 15 is 0 Å². The van der Waals surface area contributed by atoms with Crippen molar-refractivity contribution in [2.24, 2.45) is 15.9 Å². The van der Waals surface area contributed by atoms with Crippen LogP contribution in [0.4, 0.5) is 10.5 Å². The van der Waals surface area contributed by atoms with E-state index in [9.17, 15) is 15.3 Å². The van der Waals surface area contributed by atoms with Crippen LogP contribution >= 0.6 is 11.6 Å². The number of pyridine rings is 1. The second kappa shape index (κ2) is 10.7. The molecule has 186 valence electrons. The van der Waals surface area contributed by atoms with Crippen LogP contribution in [0.15, 0.2) is 64.6 Å². The molecule has 2 aliphatic heterocycles. The highest BCUT2D eigenvalue weighted by Gasteiger charge is 2.33. The third-order valence-electron chi connectivity index (χ3n) is 6.31. The van der Waals surface area contributed by atoms with Crippen LogP contribution in [0.2, 0.25) is 5.02 Å². The van der Waals surface area contributed by atoms with Crippen LogP contribution in [0.3, 0.4) is 0 Å². The molecule has 0 bridgehead atoms. The van der Waals surface area contributed by atoms with Crippen LogP contribution in [-0.4, -0.2) is 57.4 Å². The van der Waals surface area contributed by atoms with E-state index in [1.54, 1.807) is 47.4 Å². The number of fused-ring (bicyclic) bond motifs is 1. The van der Waals surface area contributed by atoms with Gasteiger partial charge in [0.2, 0.25) is 12.2 Å². The highest BCUT2D eigenvalue weighted by Crippen LogP contribution is 2.22. The minimum Gasteiger partial charge on any atom is -0.428 e. The molecule has 1 aromatic carbocycles. The monoisotopic (exact) mass is 505 g/mol. The molecule has 10 heteroatoms. The number of halogens is 1. The molecule has 1 atom stereocenters. The lowest BCUT2D eigenvalue weighted by atomic mass is 10.00. The van der Waals surface area contributed by atoms with Crippen LogP contribution < -0.4 is 10.7 Å². The van der Waals surface area contributed by atoms with Gasteiger partial charge >= 0.3 is 6.03 Å². The summed E-state index contributed by atoms with van der Waals surface area (Å²) in [4.78, 5) is 25.5. The number of benzene rings is 2. The molecule has 3 aliphatic rings. The summed E-state index contributed by atoms with van der Waals surface area (Å²) >= 11 is 5.94. The Kier molecular flexibility index (Phi) is 7.46. The largest absolute Gasteiger partial charge is 0.428 e. The molecule has 4 rings (SSSR count). The number of nitriles is 1. The molecule has 0 spiro atoms. The van der Waals surface area contributed by atoms with Crippen LogP contribution in [0.1, 0.15) is 19.5 Å². The Morgan fingerprint density at radius 3 is 2.61 bits per heavy atom. The first-order chi connectivity index (χ1) is 17.3. The van der Waals surface area contributed by atoms with Crippen molar-refractivity contribution < 1.29 is 10.0 Å². The fourth-order valence-corrected chi connectivity index (χ4v) is 4.44. The topological polar surface area (TPSA) is 109 Å². The van der Waals surface area contributed by atoms with Crippen LogP contribution in [0, 0.1) is 24.3 Å². The van der Waals surface area contributed by atoms with Crippen molar-refractivity contribution >= 4 is 29.3 Å². The summed E-state index contributed by atoms with van der Waals surface area (Å²) in [7, 11) is 0. The van der Waals surface area contributed by atoms with Gasteiger partial charge in [-0.15, -0.1) is 4.99 Å². The highest BCUT2D eigenvalue weighted by molar-refractivity contribution is 6.30. The Hall–Kier alpha value is -4.03. The smallest absolute Gasteiger partial charge is 0.321 e. The maximum absolute atomic E-state index is 13.0. The van der Waals surface area contributed by atoms with Gasteiger partial charge in [-0.25, -0.2) is 9.79 Å². The molecule has 9 nitrogen and oxygen atoms in total. The average molecular weight is 506 g/mol. The van der Waals surface area contributed by atoms with Crippen molar-refractivity contribution in [1.29, 1.82) is 5.26 Å².